The lowest BCUT2D eigenvalue weighted by atomic mass is 9.93. The van der Waals surface area contributed by atoms with Crippen molar-refractivity contribution in [2.45, 2.75) is 59.1 Å². The third-order valence-electron chi connectivity index (χ3n) is 6.83. The first-order chi connectivity index (χ1) is 18.9. The molecule has 3 amide bonds. The van der Waals surface area contributed by atoms with Gasteiger partial charge in [0.2, 0.25) is 0 Å². The lowest BCUT2D eigenvalue weighted by molar-refractivity contribution is -0.165. The van der Waals surface area contributed by atoms with Gasteiger partial charge in [-0.2, -0.15) is 0 Å². The van der Waals surface area contributed by atoms with Gasteiger partial charge in [-0.1, -0.05) is 47.3 Å². The molecule has 0 N–H and O–H groups in total. The molecule has 2 heterocycles. The van der Waals surface area contributed by atoms with E-state index in [1.165, 1.54) is 11.1 Å². The van der Waals surface area contributed by atoms with Crippen LogP contribution in [0.4, 0.5) is 10.1 Å². The van der Waals surface area contributed by atoms with Gasteiger partial charge in [0, 0.05) is 22.2 Å². The summed E-state index contributed by atoms with van der Waals surface area (Å²) in [5, 5.41) is 2.07. The topological polar surface area (TPSA) is 76.2 Å². The molecule has 1 aliphatic carbocycles. The number of hydroxylamine groups is 2. The van der Waals surface area contributed by atoms with Crippen molar-refractivity contribution in [3.05, 3.63) is 69.0 Å². The van der Waals surface area contributed by atoms with Crippen molar-refractivity contribution in [3.63, 3.8) is 0 Å². The van der Waals surface area contributed by atoms with Crippen LogP contribution in [0, 0.1) is 23.6 Å². The number of carbonyl (C=O) groups excluding carboxylic acids is 3. The number of terminal acetylenes is 1. The van der Waals surface area contributed by atoms with E-state index in [0.717, 1.165) is 29.4 Å². The van der Waals surface area contributed by atoms with Crippen molar-refractivity contribution in [2.24, 2.45) is 5.41 Å². The van der Waals surface area contributed by atoms with Crippen LogP contribution in [0.2, 0.25) is 10.0 Å². The number of halogens is 3. The van der Waals surface area contributed by atoms with Gasteiger partial charge in [0.05, 0.1) is 29.3 Å². The Morgan fingerprint density at radius 1 is 1.07 bits per heavy atom. The predicted octanol–water partition coefficient (Wildman–Crippen LogP) is 6.26. The molecular formula is C30H29Cl2FN2O5. The van der Waals surface area contributed by atoms with Crippen LogP contribution in [-0.2, 0) is 25.8 Å². The molecule has 5 rings (SSSR count). The van der Waals surface area contributed by atoms with E-state index in [1.807, 2.05) is 38.1 Å². The highest BCUT2D eigenvalue weighted by Gasteiger charge is 2.41. The van der Waals surface area contributed by atoms with Gasteiger partial charge in [-0.15, -0.1) is 6.42 Å². The Kier molecular flexibility index (Phi) is 8.89. The maximum atomic E-state index is 14.4. The van der Waals surface area contributed by atoms with Crippen LogP contribution in [0.5, 0.6) is 5.75 Å². The van der Waals surface area contributed by atoms with Gasteiger partial charge < -0.3 is 4.74 Å². The number of hydrogen-bond donors (Lipinski definition) is 0. The Morgan fingerprint density at radius 2 is 1.70 bits per heavy atom. The van der Waals surface area contributed by atoms with Crippen molar-refractivity contribution in [1.29, 1.82) is 0 Å². The van der Waals surface area contributed by atoms with Gasteiger partial charge in [0.1, 0.15) is 11.6 Å². The summed E-state index contributed by atoms with van der Waals surface area (Å²) in [6.07, 6.45) is 7.47. The van der Waals surface area contributed by atoms with Gasteiger partial charge in [0.15, 0.2) is 6.10 Å². The van der Waals surface area contributed by atoms with Gasteiger partial charge >= 0.3 is 0 Å². The van der Waals surface area contributed by atoms with Crippen LogP contribution in [0.25, 0.3) is 0 Å². The highest BCUT2D eigenvalue weighted by atomic mass is 35.5. The second-order valence-corrected chi connectivity index (χ2v) is 11.2. The minimum atomic E-state index is -0.762. The lowest BCUT2D eigenvalue weighted by Crippen LogP contribution is -2.32. The Balaban J connectivity index is 0.000000201. The summed E-state index contributed by atoms with van der Waals surface area (Å²) in [5.41, 5.74) is 1.28. The zero-order chi connectivity index (χ0) is 29.2. The first kappa shape index (κ1) is 29.6. The Hall–Kier alpha value is -3.38. The summed E-state index contributed by atoms with van der Waals surface area (Å²) < 4.78 is 19.8. The molecule has 1 atom stereocenters. The van der Waals surface area contributed by atoms with Crippen molar-refractivity contribution in [1.82, 2.24) is 5.06 Å². The van der Waals surface area contributed by atoms with Crippen molar-refractivity contribution >= 4 is 46.6 Å². The number of anilines is 1. The van der Waals surface area contributed by atoms with Crippen LogP contribution in [-0.4, -0.2) is 35.5 Å². The molecule has 0 radical (unpaired) electrons. The molecule has 0 aromatic heterocycles. The standard InChI is InChI=1S/C18H15ClFNO3.C12H14ClNO2/c1-3-10(2)24-16-9-15(14(20)8-13(16)19)21-17(22)11-6-4-5-7-12(11)18(21)23;1-12(2)8-16-14(11(12)15)7-9-5-3-4-6-10(9)13/h1,8-10H,4-7H2,2H3;3-6H,7-8H2,1-2H3. The van der Waals surface area contributed by atoms with E-state index in [9.17, 15) is 18.8 Å². The Labute approximate surface area is 242 Å². The predicted molar refractivity (Wildman–Crippen MR) is 150 cm³/mol. The number of amides is 3. The maximum absolute atomic E-state index is 14.4. The molecule has 1 fully saturated rings. The van der Waals surface area contributed by atoms with Crippen molar-refractivity contribution in [2.75, 3.05) is 11.5 Å². The number of ether oxygens (including phenoxy) is 1. The monoisotopic (exact) mass is 586 g/mol. The van der Waals surface area contributed by atoms with Gasteiger partial charge in [-0.05, 0) is 64.2 Å². The molecule has 40 heavy (non-hydrogen) atoms. The van der Waals surface area contributed by atoms with Gasteiger partial charge in [-0.25, -0.2) is 14.4 Å². The molecule has 3 aliphatic rings. The number of hydrogen-bond acceptors (Lipinski definition) is 5. The van der Waals surface area contributed by atoms with Crippen LogP contribution in [0.1, 0.15) is 52.0 Å². The minimum absolute atomic E-state index is 0.00687. The van der Waals surface area contributed by atoms with E-state index in [-0.39, 0.29) is 22.4 Å². The SMILES string of the molecule is C#CC(C)Oc1cc(N2C(=O)C3=C(CCCC3)C2=O)c(F)cc1Cl.CC1(C)CON(Cc2ccccc2Cl)C1=O. The van der Waals surface area contributed by atoms with E-state index in [1.54, 1.807) is 6.92 Å². The third kappa shape index (κ3) is 6.02. The molecule has 0 spiro atoms. The maximum Gasteiger partial charge on any atom is 0.261 e. The summed E-state index contributed by atoms with van der Waals surface area (Å²) in [6.45, 7) is 6.22. The molecule has 2 aromatic carbocycles. The van der Waals surface area contributed by atoms with E-state index < -0.39 is 29.2 Å². The van der Waals surface area contributed by atoms with Crippen LogP contribution in [0.15, 0.2) is 47.5 Å². The molecule has 2 aromatic rings. The fraction of sp³-hybridized carbons (Fsp3) is 0.367. The molecule has 0 saturated carbocycles. The lowest BCUT2D eigenvalue weighted by Gasteiger charge is -2.19. The Bertz CT molecular complexity index is 1400. The van der Waals surface area contributed by atoms with Gasteiger partial charge in [0.25, 0.3) is 17.7 Å². The molecule has 1 saturated heterocycles. The zero-order valence-corrected chi connectivity index (χ0v) is 23.9. The van der Waals surface area contributed by atoms with E-state index in [0.29, 0.717) is 42.2 Å². The largest absolute Gasteiger partial charge is 0.476 e. The second-order valence-electron chi connectivity index (χ2n) is 10.4. The summed E-state index contributed by atoms with van der Waals surface area (Å²) >= 11 is 12.0. The average Bonchev–Trinajstić information content (AvgIpc) is 3.33. The fourth-order valence-corrected chi connectivity index (χ4v) is 4.95. The first-order valence-corrected chi connectivity index (χ1v) is 13.6. The summed E-state index contributed by atoms with van der Waals surface area (Å²) in [7, 11) is 0. The molecule has 2 aliphatic heterocycles. The van der Waals surface area contributed by atoms with E-state index >= 15 is 0 Å². The number of imide groups is 1. The van der Waals surface area contributed by atoms with Crippen molar-refractivity contribution < 1.29 is 28.3 Å². The van der Waals surface area contributed by atoms with E-state index in [2.05, 4.69) is 5.92 Å². The normalized spacial score (nSPS) is 18.8. The van der Waals surface area contributed by atoms with Crippen LogP contribution >= 0.6 is 23.2 Å². The Morgan fingerprint density at radius 3 is 2.25 bits per heavy atom. The first-order valence-electron chi connectivity index (χ1n) is 12.9. The third-order valence-corrected chi connectivity index (χ3v) is 7.49. The van der Waals surface area contributed by atoms with E-state index in [4.69, 9.17) is 39.2 Å². The van der Waals surface area contributed by atoms with Crippen molar-refractivity contribution in [3.8, 4) is 18.1 Å². The van der Waals surface area contributed by atoms with Gasteiger partial charge in [-0.3, -0.25) is 19.2 Å². The molecule has 10 heteroatoms. The average molecular weight is 587 g/mol. The number of nitrogens with zero attached hydrogens (tertiary/aromatic N) is 2. The summed E-state index contributed by atoms with van der Waals surface area (Å²) in [6, 6.07) is 9.73. The minimum Gasteiger partial charge on any atom is -0.476 e. The zero-order valence-electron chi connectivity index (χ0n) is 22.4. The molecule has 210 valence electrons. The molecule has 0 bridgehead atoms. The number of carbonyl (C=O) groups is 3. The number of rotatable bonds is 5. The highest BCUT2D eigenvalue weighted by Crippen LogP contribution is 2.39. The molecular weight excluding hydrogens is 558 g/mol. The summed E-state index contributed by atoms with van der Waals surface area (Å²) in [4.78, 5) is 43.2. The second kappa shape index (κ2) is 12.0. The van der Waals surface area contributed by atoms with Crippen LogP contribution in [0.3, 0.4) is 0 Å². The van der Waals surface area contributed by atoms with Crippen LogP contribution < -0.4 is 9.64 Å². The molecule has 7 nitrogen and oxygen atoms in total. The smallest absolute Gasteiger partial charge is 0.261 e. The number of benzene rings is 2. The summed E-state index contributed by atoms with van der Waals surface area (Å²) in [5.74, 6) is 0.814. The highest BCUT2D eigenvalue weighted by molar-refractivity contribution is 6.34. The molecule has 1 unspecified atom stereocenters. The quantitative estimate of drug-likeness (QED) is 0.305. The fourth-order valence-electron chi connectivity index (χ4n) is 4.56.